The van der Waals surface area contributed by atoms with Crippen LogP contribution < -0.4 is 11.3 Å². The summed E-state index contributed by atoms with van der Waals surface area (Å²) in [5, 5.41) is 7.55. The first-order chi connectivity index (χ1) is 10.4. The maximum Gasteiger partial charge on any atom is 0.262 e. The lowest BCUT2D eigenvalue weighted by atomic mass is 10.0. The minimum absolute atomic E-state index is 0.185. The van der Waals surface area contributed by atoms with E-state index in [0.29, 0.717) is 12.5 Å². The summed E-state index contributed by atoms with van der Waals surface area (Å²) in [7, 11) is 0. The van der Waals surface area contributed by atoms with E-state index in [4.69, 9.17) is 11.1 Å². The number of nitrogens with zero attached hydrogens (tertiary/aromatic N) is 1. The molecule has 0 aliphatic heterocycles. The average molecular weight is 297 g/mol. The fourth-order valence-corrected chi connectivity index (χ4v) is 2.49. The molecule has 4 nitrogen and oxygen atoms in total. The molecule has 0 bridgehead atoms. The van der Waals surface area contributed by atoms with Crippen molar-refractivity contribution in [2.75, 3.05) is 0 Å². The maximum atomic E-state index is 12.6. The number of nitrogens with two attached hydrogens (primary N) is 1. The summed E-state index contributed by atoms with van der Waals surface area (Å²) < 4.78 is 1.72. The second kappa shape index (κ2) is 6.60. The lowest BCUT2D eigenvalue weighted by Gasteiger charge is -2.16. The largest absolute Gasteiger partial charge is 0.384 e. The third kappa shape index (κ3) is 3.27. The predicted octanol–water partition coefficient (Wildman–Crippen LogP) is 3.02. The van der Waals surface area contributed by atoms with Crippen LogP contribution in [0.4, 0.5) is 0 Å². The van der Waals surface area contributed by atoms with Crippen LogP contribution >= 0.6 is 0 Å². The number of hydrogen-bond acceptors (Lipinski definition) is 2. The van der Waals surface area contributed by atoms with Gasteiger partial charge >= 0.3 is 0 Å². The van der Waals surface area contributed by atoms with Gasteiger partial charge in [0.1, 0.15) is 5.84 Å². The molecular weight excluding hydrogens is 274 g/mol. The molecule has 2 rings (SSSR count). The average Bonchev–Trinajstić information content (AvgIpc) is 2.48. The molecule has 0 unspecified atom stereocenters. The van der Waals surface area contributed by atoms with Crippen LogP contribution in [0.25, 0.3) is 11.3 Å². The number of nitrogen functional groups attached to an aromatic ring is 1. The van der Waals surface area contributed by atoms with Crippen LogP contribution in [0.2, 0.25) is 0 Å². The van der Waals surface area contributed by atoms with Gasteiger partial charge in [0.15, 0.2) is 0 Å². The number of pyridine rings is 1. The molecule has 0 aliphatic carbocycles. The van der Waals surface area contributed by atoms with Crippen LogP contribution in [0, 0.1) is 11.3 Å². The van der Waals surface area contributed by atoms with Crippen molar-refractivity contribution in [3.8, 4) is 11.3 Å². The first-order valence-electron chi connectivity index (χ1n) is 7.61. The van der Waals surface area contributed by atoms with Gasteiger partial charge in [-0.15, -0.1) is 0 Å². The zero-order chi connectivity index (χ0) is 16.3. The Morgan fingerprint density at radius 2 is 1.82 bits per heavy atom. The molecule has 0 saturated heterocycles. The van der Waals surface area contributed by atoms with Crippen molar-refractivity contribution in [1.29, 1.82) is 5.41 Å². The Hall–Kier alpha value is -2.36. The summed E-state index contributed by atoms with van der Waals surface area (Å²) in [5.74, 6) is 0.143. The van der Waals surface area contributed by atoms with E-state index in [1.54, 1.807) is 10.6 Å². The fraction of sp³-hybridized carbons (Fsp3) is 0.333. The lowest BCUT2D eigenvalue weighted by molar-refractivity contribution is 0.514. The van der Waals surface area contributed by atoms with E-state index in [1.807, 2.05) is 18.2 Å². The second-order valence-electron chi connectivity index (χ2n) is 5.91. The van der Waals surface area contributed by atoms with E-state index in [2.05, 4.69) is 32.9 Å². The quantitative estimate of drug-likeness (QED) is 0.657. The van der Waals surface area contributed by atoms with Crippen molar-refractivity contribution in [1.82, 2.24) is 4.57 Å². The van der Waals surface area contributed by atoms with E-state index in [9.17, 15) is 4.79 Å². The lowest BCUT2D eigenvalue weighted by Crippen LogP contribution is -2.31. The van der Waals surface area contributed by atoms with Gasteiger partial charge in [-0.05, 0) is 35.6 Å². The van der Waals surface area contributed by atoms with Crippen molar-refractivity contribution < 1.29 is 0 Å². The Bertz CT molecular complexity index is 727. The Kier molecular flexibility index (Phi) is 4.81. The Morgan fingerprint density at radius 3 is 2.32 bits per heavy atom. The Morgan fingerprint density at radius 1 is 1.18 bits per heavy atom. The molecule has 4 heteroatoms. The van der Waals surface area contributed by atoms with Crippen molar-refractivity contribution in [2.24, 2.45) is 11.7 Å². The summed E-state index contributed by atoms with van der Waals surface area (Å²) in [4.78, 5) is 12.6. The van der Waals surface area contributed by atoms with Gasteiger partial charge in [0.05, 0.1) is 11.3 Å². The van der Waals surface area contributed by atoms with Gasteiger partial charge in [0.2, 0.25) is 0 Å². The molecule has 1 heterocycles. The van der Waals surface area contributed by atoms with Gasteiger partial charge in [0, 0.05) is 6.54 Å². The van der Waals surface area contributed by atoms with Gasteiger partial charge in [-0.2, -0.15) is 0 Å². The highest BCUT2D eigenvalue weighted by molar-refractivity contribution is 5.94. The van der Waals surface area contributed by atoms with Crippen LogP contribution in [0.15, 0.2) is 41.2 Å². The van der Waals surface area contributed by atoms with Crippen LogP contribution in [-0.4, -0.2) is 10.4 Å². The molecule has 0 saturated carbocycles. The molecule has 3 N–H and O–H groups in total. The number of rotatable bonds is 5. The molecule has 0 aliphatic rings. The van der Waals surface area contributed by atoms with Crippen molar-refractivity contribution in [2.45, 2.75) is 33.7 Å². The SMILES string of the molecule is CCc1ccc(-c2ccc(C(=N)N)c(=O)n2CC(C)C)cc1. The molecule has 0 spiro atoms. The molecule has 0 fully saturated rings. The molecule has 0 atom stereocenters. The number of hydrogen-bond donors (Lipinski definition) is 2. The number of amidine groups is 1. The number of benzene rings is 1. The third-order valence-corrected chi connectivity index (χ3v) is 3.67. The molecular formula is C18H23N3O. The smallest absolute Gasteiger partial charge is 0.262 e. The van der Waals surface area contributed by atoms with E-state index in [1.165, 1.54) is 5.56 Å². The van der Waals surface area contributed by atoms with Crippen LogP contribution in [0.1, 0.15) is 31.9 Å². The molecule has 0 amide bonds. The standard InChI is InChI=1S/C18H23N3O/c1-4-13-5-7-14(8-6-13)16-10-9-15(17(19)20)18(22)21(16)11-12(2)3/h5-10,12H,4,11H2,1-3H3,(H3,19,20). The van der Waals surface area contributed by atoms with Crippen LogP contribution in [-0.2, 0) is 13.0 Å². The summed E-state index contributed by atoms with van der Waals surface area (Å²) in [6.45, 7) is 6.85. The predicted molar refractivity (Wildman–Crippen MR) is 91.4 cm³/mol. The Balaban J connectivity index is 2.61. The Labute approximate surface area is 131 Å². The minimum atomic E-state index is -0.196. The topological polar surface area (TPSA) is 71.9 Å². The summed E-state index contributed by atoms with van der Waals surface area (Å²) >= 11 is 0. The van der Waals surface area contributed by atoms with Gasteiger partial charge in [-0.3, -0.25) is 10.2 Å². The molecule has 0 radical (unpaired) electrons. The monoisotopic (exact) mass is 297 g/mol. The second-order valence-corrected chi connectivity index (χ2v) is 5.91. The van der Waals surface area contributed by atoms with Gasteiger partial charge in [0.25, 0.3) is 5.56 Å². The molecule has 116 valence electrons. The van der Waals surface area contributed by atoms with E-state index in [0.717, 1.165) is 17.7 Å². The molecule has 2 aromatic rings. The first kappa shape index (κ1) is 16.0. The van der Waals surface area contributed by atoms with Gasteiger partial charge in [-0.1, -0.05) is 45.0 Å². The highest BCUT2D eigenvalue weighted by Gasteiger charge is 2.13. The highest BCUT2D eigenvalue weighted by Crippen LogP contribution is 2.20. The van der Waals surface area contributed by atoms with E-state index in [-0.39, 0.29) is 17.0 Å². The molecule has 22 heavy (non-hydrogen) atoms. The maximum absolute atomic E-state index is 12.6. The summed E-state index contributed by atoms with van der Waals surface area (Å²) in [6, 6.07) is 11.8. The van der Waals surface area contributed by atoms with Gasteiger partial charge < -0.3 is 10.3 Å². The van der Waals surface area contributed by atoms with Crippen molar-refractivity contribution in [3.63, 3.8) is 0 Å². The summed E-state index contributed by atoms with van der Waals surface area (Å²) in [5.41, 5.74) is 8.71. The minimum Gasteiger partial charge on any atom is -0.384 e. The number of nitrogens with one attached hydrogen (secondary N) is 1. The molecule has 1 aromatic carbocycles. The van der Waals surface area contributed by atoms with Crippen molar-refractivity contribution >= 4 is 5.84 Å². The van der Waals surface area contributed by atoms with Crippen LogP contribution in [0.5, 0.6) is 0 Å². The van der Waals surface area contributed by atoms with Gasteiger partial charge in [-0.25, -0.2) is 0 Å². The summed E-state index contributed by atoms with van der Waals surface area (Å²) in [6.07, 6.45) is 0.988. The van der Waals surface area contributed by atoms with Crippen LogP contribution in [0.3, 0.4) is 0 Å². The normalized spacial score (nSPS) is 10.9. The van der Waals surface area contributed by atoms with Crippen molar-refractivity contribution in [3.05, 3.63) is 57.9 Å². The third-order valence-electron chi connectivity index (χ3n) is 3.67. The number of aryl methyl sites for hydroxylation is 1. The first-order valence-corrected chi connectivity index (χ1v) is 7.61. The zero-order valence-electron chi connectivity index (χ0n) is 13.4. The van der Waals surface area contributed by atoms with E-state index < -0.39 is 0 Å². The van der Waals surface area contributed by atoms with E-state index >= 15 is 0 Å². The zero-order valence-corrected chi connectivity index (χ0v) is 13.4. The number of aromatic nitrogens is 1. The fourth-order valence-electron chi connectivity index (χ4n) is 2.49. The molecule has 1 aromatic heterocycles. The highest BCUT2D eigenvalue weighted by atomic mass is 16.1.